The molecule has 2 saturated carbocycles. The van der Waals surface area contributed by atoms with Crippen LogP contribution in [0.2, 0.25) is 0 Å². The Hall–Kier alpha value is -1.10. The van der Waals surface area contributed by atoms with Crippen molar-refractivity contribution in [2.45, 2.75) is 106 Å². The predicted octanol–water partition coefficient (Wildman–Crippen LogP) is 4.82. The summed E-state index contributed by atoms with van der Waals surface area (Å²) in [5.74, 6) is -0.314. The number of thioether (sulfide) groups is 1. The second-order valence-electron chi connectivity index (χ2n) is 10.4. The Labute approximate surface area is 210 Å². The van der Waals surface area contributed by atoms with Crippen molar-refractivity contribution in [1.29, 1.82) is 0 Å². The van der Waals surface area contributed by atoms with Gasteiger partial charge in [0.05, 0.1) is 25.0 Å². The van der Waals surface area contributed by atoms with Crippen molar-refractivity contribution in [2.75, 3.05) is 13.2 Å². The third-order valence-corrected chi connectivity index (χ3v) is 9.40. The Kier molecular flexibility index (Phi) is 9.21. The summed E-state index contributed by atoms with van der Waals surface area (Å²) >= 11 is 1.51. The zero-order valence-corrected chi connectivity index (χ0v) is 21.4. The van der Waals surface area contributed by atoms with Gasteiger partial charge < -0.3 is 14.6 Å². The van der Waals surface area contributed by atoms with Gasteiger partial charge in [-0.25, -0.2) is 18.2 Å². The number of ether oxygens (including phenoxy) is 2. The summed E-state index contributed by atoms with van der Waals surface area (Å²) in [6, 6.07) is 0. The molecule has 0 bridgehead atoms. The molecule has 4 rings (SSSR count). The van der Waals surface area contributed by atoms with Gasteiger partial charge in [0.2, 0.25) is 0 Å². The van der Waals surface area contributed by atoms with Crippen molar-refractivity contribution in [2.24, 2.45) is 11.8 Å². The van der Waals surface area contributed by atoms with Gasteiger partial charge >= 0.3 is 0 Å². The van der Waals surface area contributed by atoms with Crippen LogP contribution in [0.4, 0.5) is 13.2 Å². The van der Waals surface area contributed by atoms with E-state index in [0.29, 0.717) is 32.0 Å². The van der Waals surface area contributed by atoms with Crippen LogP contribution in [0.15, 0.2) is 24.3 Å². The minimum Gasteiger partial charge on any atom is -0.386 e. The fraction of sp³-hybridized carbons (Fsp3) is 0.840. The first kappa shape index (κ1) is 26.9. The largest absolute Gasteiger partial charge is 0.386 e. The van der Waals surface area contributed by atoms with Crippen LogP contribution in [-0.2, 0) is 16.0 Å². The summed E-state index contributed by atoms with van der Waals surface area (Å²) in [6.45, 7) is 4.91. The third kappa shape index (κ3) is 6.81. The van der Waals surface area contributed by atoms with Crippen LogP contribution in [0.1, 0.15) is 58.8 Å². The van der Waals surface area contributed by atoms with E-state index in [1.54, 1.807) is 0 Å². The molecule has 2 heterocycles. The first-order valence-electron chi connectivity index (χ1n) is 12.8. The lowest BCUT2D eigenvalue weighted by Gasteiger charge is -2.45. The van der Waals surface area contributed by atoms with Crippen LogP contribution in [0.5, 0.6) is 0 Å². The standard InChI is InChI=1S/C25H38F3N3O3S/c1-16(18-3-5-19(26)6-4-18)9-24-33-11-21(12-34-24)35-17(2)25(32,13-31-15-29-14-30-31)22-8-7-20(27)10-23(22)28/h9,14-15,17-24,32H,3-8,10-13H2,1-2H3/b16-9+. The van der Waals surface area contributed by atoms with Gasteiger partial charge in [-0.05, 0) is 57.4 Å². The van der Waals surface area contributed by atoms with E-state index in [9.17, 15) is 18.3 Å². The molecule has 0 aromatic carbocycles. The van der Waals surface area contributed by atoms with E-state index in [2.05, 4.69) is 17.0 Å². The van der Waals surface area contributed by atoms with Gasteiger partial charge in [-0.15, -0.1) is 11.8 Å². The van der Waals surface area contributed by atoms with E-state index in [1.807, 2.05) is 13.0 Å². The predicted molar refractivity (Wildman–Crippen MR) is 129 cm³/mol. The molecule has 1 saturated heterocycles. The van der Waals surface area contributed by atoms with Gasteiger partial charge in [0.25, 0.3) is 0 Å². The first-order chi connectivity index (χ1) is 16.7. The van der Waals surface area contributed by atoms with Crippen molar-refractivity contribution in [3.8, 4) is 0 Å². The van der Waals surface area contributed by atoms with Crippen LogP contribution in [0, 0.1) is 11.8 Å². The molecular weight excluding hydrogens is 479 g/mol. The number of allylic oxidation sites excluding steroid dienone is 1. The molecule has 5 atom stereocenters. The summed E-state index contributed by atoms with van der Waals surface area (Å²) < 4.78 is 55.6. The van der Waals surface area contributed by atoms with E-state index in [0.717, 1.165) is 12.8 Å². The van der Waals surface area contributed by atoms with Gasteiger partial charge in [0, 0.05) is 17.6 Å². The highest BCUT2D eigenvalue weighted by Gasteiger charge is 2.49. The smallest absolute Gasteiger partial charge is 0.177 e. The Balaban J connectivity index is 1.35. The molecule has 1 N–H and O–H groups in total. The fourth-order valence-electron chi connectivity index (χ4n) is 5.69. The monoisotopic (exact) mass is 517 g/mol. The summed E-state index contributed by atoms with van der Waals surface area (Å²) in [5, 5.41) is 15.5. The zero-order valence-electron chi connectivity index (χ0n) is 20.6. The van der Waals surface area contributed by atoms with Gasteiger partial charge in [0.1, 0.15) is 36.8 Å². The molecule has 35 heavy (non-hydrogen) atoms. The van der Waals surface area contributed by atoms with Gasteiger partial charge in [-0.3, -0.25) is 4.68 Å². The average molecular weight is 518 g/mol. The van der Waals surface area contributed by atoms with E-state index < -0.39 is 36.3 Å². The normalized spacial score (nSPS) is 37.5. The number of rotatable bonds is 8. The molecule has 2 aliphatic carbocycles. The maximum absolute atomic E-state index is 15.0. The SMILES string of the molecule is C/C(=C\C1OCC(SC(C)C(O)(Cn2cncn2)C2CCC(F)CC2F)CO1)C1CCC(F)CC1. The molecule has 6 nitrogen and oxygen atoms in total. The molecule has 10 heteroatoms. The minimum atomic E-state index is -1.43. The third-order valence-electron chi connectivity index (χ3n) is 7.93. The highest BCUT2D eigenvalue weighted by atomic mass is 32.2. The molecule has 0 amide bonds. The van der Waals surface area contributed by atoms with E-state index >= 15 is 0 Å². The Bertz CT molecular complexity index is 816. The molecule has 0 radical (unpaired) electrons. The van der Waals surface area contributed by atoms with Crippen LogP contribution in [0.3, 0.4) is 0 Å². The average Bonchev–Trinajstić information content (AvgIpc) is 3.33. The number of hydrogen-bond acceptors (Lipinski definition) is 6. The first-order valence-corrected chi connectivity index (χ1v) is 13.7. The summed E-state index contributed by atoms with van der Waals surface area (Å²) in [4.78, 5) is 3.94. The molecule has 3 fully saturated rings. The minimum absolute atomic E-state index is 0.0326. The molecule has 3 aliphatic rings. The molecular formula is C25H38F3N3O3S. The van der Waals surface area contributed by atoms with E-state index in [4.69, 9.17) is 9.47 Å². The molecule has 0 spiro atoms. The molecule has 198 valence electrons. The number of hydrogen-bond donors (Lipinski definition) is 1. The van der Waals surface area contributed by atoms with Gasteiger partial charge in [-0.2, -0.15) is 5.10 Å². The number of nitrogens with zero attached hydrogens (tertiary/aromatic N) is 3. The van der Waals surface area contributed by atoms with E-state index in [1.165, 1.54) is 34.7 Å². The fourth-order valence-corrected chi connectivity index (χ4v) is 7.07. The number of aliphatic hydroxyl groups is 1. The summed E-state index contributed by atoms with van der Waals surface area (Å²) in [6.07, 6.45) is 4.48. The van der Waals surface area contributed by atoms with Crippen LogP contribution in [-0.4, -0.2) is 74.0 Å². The van der Waals surface area contributed by atoms with Crippen LogP contribution < -0.4 is 0 Å². The topological polar surface area (TPSA) is 69.4 Å². The Morgan fingerprint density at radius 2 is 1.83 bits per heavy atom. The van der Waals surface area contributed by atoms with Crippen molar-refractivity contribution in [1.82, 2.24) is 14.8 Å². The second kappa shape index (κ2) is 12.0. The second-order valence-corrected chi connectivity index (χ2v) is 12.1. The highest BCUT2D eigenvalue weighted by molar-refractivity contribution is 8.00. The van der Waals surface area contributed by atoms with Gasteiger partial charge in [0.15, 0.2) is 6.29 Å². The molecule has 1 aromatic rings. The lowest BCUT2D eigenvalue weighted by Crippen LogP contribution is -2.55. The number of halogens is 3. The number of alkyl halides is 3. The lowest BCUT2D eigenvalue weighted by molar-refractivity contribution is -0.147. The van der Waals surface area contributed by atoms with Crippen LogP contribution >= 0.6 is 11.8 Å². The zero-order chi connectivity index (χ0) is 25.0. The Morgan fingerprint density at radius 3 is 2.46 bits per heavy atom. The quantitative estimate of drug-likeness (QED) is 0.499. The lowest BCUT2D eigenvalue weighted by atomic mass is 9.73. The van der Waals surface area contributed by atoms with Crippen molar-refractivity contribution in [3.05, 3.63) is 24.3 Å². The molecule has 5 unspecified atom stereocenters. The van der Waals surface area contributed by atoms with Crippen molar-refractivity contribution in [3.63, 3.8) is 0 Å². The van der Waals surface area contributed by atoms with E-state index in [-0.39, 0.29) is 36.3 Å². The maximum Gasteiger partial charge on any atom is 0.177 e. The van der Waals surface area contributed by atoms with Crippen LogP contribution in [0.25, 0.3) is 0 Å². The van der Waals surface area contributed by atoms with Crippen molar-refractivity contribution < 1.29 is 27.8 Å². The molecule has 1 aromatic heterocycles. The van der Waals surface area contributed by atoms with Crippen molar-refractivity contribution >= 4 is 11.8 Å². The molecule has 1 aliphatic heterocycles. The summed E-state index contributed by atoms with van der Waals surface area (Å²) in [5.41, 5.74) is -0.249. The highest BCUT2D eigenvalue weighted by Crippen LogP contribution is 2.43. The Morgan fingerprint density at radius 1 is 1.14 bits per heavy atom. The van der Waals surface area contributed by atoms with Gasteiger partial charge in [-0.1, -0.05) is 12.5 Å². The maximum atomic E-state index is 15.0. The number of aromatic nitrogens is 3. The summed E-state index contributed by atoms with van der Waals surface area (Å²) in [7, 11) is 0.